The maximum atomic E-state index is 14.0. The summed E-state index contributed by atoms with van der Waals surface area (Å²) >= 11 is 0. The lowest BCUT2D eigenvalue weighted by molar-refractivity contribution is 0.0697. The molecule has 0 spiro atoms. The average Bonchev–Trinajstić information content (AvgIpc) is 3.11. The van der Waals surface area contributed by atoms with Gasteiger partial charge in [-0.3, -0.25) is 4.79 Å². The summed E-state index contributed by atoms with van der Waals surface area (Å²) in [6.07, 6.45) is 0. The maximum Gasteiger partial charge on any atom is 0.253 e. The first kappa shape index (κ1) is 22.1. The fourth-order valence-electron chi connectivity index (χ4n) is 3.81. The van der Waals surface area contributed by atoms with Crippen molar-refractivity contribution in [2.45, 2.75) is 18.7 Å². The highest BCUT2D eigenvalue weighted by molar-refractivity contribution is 7.89. The number of carbonyl (C=O) groups is 1. The van der Waals surface area contributed by atoms with Crippen molar-refractivity contribution in [3.05, 3.63) is 77.1 Å². The molecule has 2 heterocycles. The van der Waals surface area contributed by atoms with Crippen LogP contribution in [0.2, 0.25) is 0 Å². The number of aromatic nitrogens is 2. The minimum absolute atomic E-state index is 0.0499. The first-order chi connectivity index (χ1) is 15.2. The molecule has 0 atom stereocenters. The summed E-state index contributed by atoms with van der Waals surface area (Å²) in [7, 11) is -4.34. The summed E-state index contributed by atoms with van der Waals surface area (Å²) in [6, 6.07) is 11.9. The highest BCUT2D eigenvalue weighted by Gasteiger charge is 2.34. The molecule has 32 heavy (non-hydrogen) atoms. The fraction of sp³-hybridized carbons (Fsp3) is 0.273. The van der Waals surface area contributed by atoms with Crippen LogP contribution < -0.4 is 0 Å². The maximum absolute atomic E-state index is 14.0. The number of aryl methyl sites for hydroxylation is 2. The lowest BCUT2D eigenvalue weighted by Gasteiger charge is -2.34. The topological polar surface area (TPSA) is 75.5 Å². The Kier molecular flexibility index (Phi) is 5.83. The van der Waals surface area contributed by atoms with Crippen LogP contribution in [0.3, 0.4) is 0 Å². The van der Waals surface area contributed by atoms with Crippen molar-refractivity contribution in [2.24, 2.45) is 0 Å². The van der Waals surface area contributed by atoms with E-state index in [-0.39, 0.29) is 32.1 Å². The molecule has 1 amide bonds. The molecule has 1 aromatic heterocycles. The number of benzene rings is 2. The molecule has 4 rings (SSSR count). The van der Waals surface area contributed by atoms with Crippen LogP contribution in [-0.2, 0) is 10.0 Å². The number of hydrogen-bond donors (Lipinski definition) is 0. The Hall–Kier alpha value is -3.11. The molecule has 10 heteroatoms. The predicted molar refractivity (Wildman–Crippen MR) is 114 cm³/mol. The molecular weight excluding hydrogens is 438 g/mol. The number of sulfonamides is 1. The van der Waals surface area contributed by atoms with E-state index in [1.54, 1.807) is 28.9 Å². The number of carbonyl (C=O) groups excluding carboxylic acids is 1. The molecule has 168 valence electrons. The predicted octanol–water partition coefficient (Wildman–Crippen LogP) is 2.91. The van der Waals surface area contributed by atoms with Crippen molar-refractivity contribution in [3.8, 4) is 5.69 Å². The van der Waals surface area contributed by atoms with Crippen molar-refractivity contribution >= 4 is 15.9 Å². The molecule has 0 bridgehead atoms. The van der Waals surface area contributed by atoms with Crippen molar-refractivity contribution in [2.75, 3.05) is 26.2 Å². The van der Waals surface area contributed by atoms with Gasteiger partial charge in [-0.25, -0.2) is 21.9 Å². The quantitative estimate of drug-likeness (QED) is 0.600. The van der Waals surface area contributed by atoms with Crippen molar-refractivity contribution in [1.29, 1.82) is 0 Å². The monoisotopic (exact) mass is 460 g/mol. The smallest absolute Gasteiger partial charge is 0.253 e. The third-order valence-electron chi connectivity index (χ3n) is 5.41. The number of piperazine rings is 1. The van der Waals surface area contributed by atoms with E-state index in [0.29, 0.717) is 5.56 Å². The highest BCUT2D eigenvalue weighted by atomic mass is 32.2. The molecule has 1 aliphatic rings. The van der Waals surface area contributed by atoms with E-state index in [1.807, 2.05) is 19.9 Å². The zero-order valence-electron chi connectivity index (χ0n) is 17.6. The second-order valence-corrected chi connectivity index (χ2v) is 9.51. The molecule has 0 saturated carbocycles. The van der Waals surface area contributed by atoms with Gasteiger partial charge in [-0.1, -0.05) is 6.07 Å². The molecule has 7 nitrogen and oxygen atoms in total. The number of hydrogen-bond acceptors (Lipinski definition) is 4. The Balaban J connectivity index is 1.45. The van der Waals surface area contributed by atoms with E-state index >= 15 is 0 Å². The van der Waals surface area contributed by atoms with Crippen LogP contribution in [0.1, 0.15) is 21.7 Å². The second-order valence-electron chi connectivity index (χ2n) is 7.63. The Morgan fingerprint density at radius 2 is 1.53 bits per heavy atom. The van der Waals surface area contributed by atoms with Gasteiger partial charge in [-0.15, -0.1) is 0 Å². The van der Waals surface area contributed by atoms with Crippen LogP contribution in [0.15, 0.2) is 53.4 Å². The first-order valence-electron chi connectivity index (χ1n) is 10.1. The molecule has 2 aromatic carbocycles. The molecule has 0 radical (unpaired) electrons. The number of halogens is 2. The SMILES string of the molecule is Cc1cc(C)n(-c2ccc(C(=O)N3CCN(S(=O)(=O)c4c(F)cccc4F)CC3)cc2)n1. The van der Waals surface area contributed by atoms with Crippen LogP contribution in [-0.4, -0.2) is 59.5 Å². The van der Waals surface area contributed by atoms with Crippen molar-refractivity contribution in [1.82, 2.24) is 19.0 Å². The van der Waals surface area contributed by atoms with Crippen LogP contribution in [0, 0.1) is 25.5 Å². The molecular formula is C22H22F2N4O3S. The van der Waals surface area contributed by atoms with Gasteiger partial charge in [0, 0.05) is 37.4 Å². The van der Waals surface area contributed by atoms with Gasteiger partial charge in [0.05, 0.1) is 11.4 Å². The normalized spacial score (nSPS) is 15.2. The number of amides is 1. The zero-order valence-corrected chi connectivity index (χ0v) is 18.4. The van der Waals surface area contributed by atoms with Gasteiger partial charge >= 0.3 is 0 Å². The molecule has 1 aliphatic heterocycles. The second kappa shape index (κ2) is 8.44. The van der Waals surface area contributed by atoms with Crippen LogP contribution in [0.5, 0.6) is 0 Å². The summed E-state index contributed by atoms with van der Waals surface area (Å²) in [4.78, 5) is 13.4. The minimum atomic E-state index is -4.34. The Morgan fingerprint density at radius 3 is 2.06 bits per heavy atom. The van der Waals surface area contributed by atoms with Crippen LogP contribution in [0.25, 0.3) is 5.69 Å². The summed E-state index contributed by atoms with van der Waals surface area (Å²) in [5, 5.41) is 4.42. The standard InChI is InChI=1S/C22H22F2N4O3S/c1-15-14-16(2)28(25-15)18-8-6-17(7-9-18)22(29)26-10-12-27(13-11-26)32(30,31)21-19(23)4-3-5-20(21)24/h3-9,14H,10-13H2,1-2H3. The summed E-state index contributed by atoms with van der Waals surface area (Å²) in [5.74, 6) is -2.50. The molecule has 1 saturated heterocycles. The molecule has 0 unspecified atom stereocenters. The third-order valence-corrected chi connectivity index (χ3v) is 7.36. The van der Waals surface area contributed by atoms with Gasteiger partial charge < -0.3 is 4.90 Å². The Morgan fingerprint density at radius 1 is 0.938 bits per heavy atom. The molecule has 0 aliphatic carbocycles. The van der Waals surface area contributed by atoms with Gasteiger partial charge in [-0.05, 0) is 56.3 Å². The lowest BCUT2D eigenvalue weighted by Crippen LogP contribution is -2.50. The average molecular weight is 461 g/mol. The molecule has 1 fully saturated rings. The third kappa shape index (κ3) is 4.03. The van der Waals surface area contributed by atoms with Gasteiger partial charge in [0.15, 0.2) is 4.90 Å². The molecule has 0 N–H and O–H groups in total. The van der Waals surface area contributed by atoms with Crippen molar-refractivity contribution < 1.29 is 22.0 Å². The number of nitrogens with zero attached hydrogens (tertiary/aromatic N) is 4. The van der Waals surface area contributed by atoms with Gasteiger partial charge in [0.25, 0.3) is 5.91 Å². The van der Waals surface area contributed by atoms with E-state index in [0.717, 1.165) is 39.6 Å². The summed E-state index contributed by atoms with van der Waals surface area (Å²) in [6.45, 7) is 3.99. The minimum Gasteiger partial charge on any atom is -0.336 e. The van der Waals surface area contributed by atoms with E-state index in [9.17, 15) is 22.0 Å². The first-order valence-corrected chi connectivity index (χ1v) is 11.5. The molecule has 3 aromatic rings. The van der Waals surface area contributed by atoms with Gasteiger partial charge in [-0.2, -0.15) is 9.40 Å². The van der Waals surface area contributed by atoms with E-state index in [2.05, 4.69) is 5.10 Å². The zero-order chi connectivity index (χ0) is 23.0. The number of rotatable bonds is 4. The van der Waals surface area contributed by atoms with E-state index in [4.69, 9.17) is 0 Å². The Labute approximate surface area is 184 Å². The van der Waals surface area contributed by atoms with Gasteiger partial charge in [0.1, 0.15) is 11.6 Å². The largest absolute Gasteiger partial charge is 0.336 e. The van der Waals surface area contributed by atoms with Crippen LogP contribution >= 0.6 is 0 Å². The van der Waals surface area contributed by atoms with E-state index < -0.39 is 26.6 Å². The lowest BCUT2D eigenvalue weighted by atomic mass is 10.1. The Bertz CT molecular complexity index is 1240. The highest BCUT2D eigenvalue weighted by Crippen LogP contribution is 2.24. The van der Waals surface area contributed by atoms with Gasteiger partial charge in [0.2, 0.25) is 10.0 Å². The van der Waals surface area contributed by atoms with Crippen molar-refractivity contribution in [3.63, 3.8) is 0 Å². The fourth-order valence-corrected chi connectivity index (χ4v) is 5.34. The van der Waals surface area contributed by atoms with E-state index in [1.165, 1.54) is 4.90 Å². The summed E-state index contributed by atoms with van der Waals surface area (Å²) in [5.41, 5.74) is 3.16. The summed E-state index contributed by atoms with van der Waals surface area (Å²) < 4.78 is 56.2. The van der Waals surface area contributed by atoms with Crippen LogP contribution in [0.4, 0.5) is 8.78 Å².